The maximum Gasteiger partial charge on any atom is 0.410 e. The zero-order chi connectivity index (χ0) is 25.5. The van der Waals surface area contributed by atoms with Gasteiger partial charge in [-0.3, -0.25) is 0 Å². The molecule has 2 unspecified atom stereocenters. The molecule has 1 aromatic carbocycles. The number of pyridine rings is 1. The minimum atomic E-state index is -0.927. The van der Waals surface area contributed by atoms with E-state index in [-0.39, 0.29) is 0 Å². The number of aliphatic hydroxyl groups is 1. The molecule has 0 saturated carbocycles. The standard InChI is InChI=1S/C26H31ClN2O3.C2H6/c1-6-19-20(16-22(28-21(19)7-2)17-11-13-18(27)14-12-17)24(30)23-10-8-9-15-29(23)25(31)32-26(3,4)5;1-2/h6-7,11-14,16,23-24,30H,1-2,8-10,15H2,3-5H3;1-2H3. The molecule has 1 saturated heterocycles. The number of likely N-dealkylation sites (tertiary alicyclic amines) is 1. The van der Waals surface area contributed by atoms with Gasteiger partial charge in [-0.1, -0.05) is 56.8 Å². The monoisotopic (exact) mass is 484 g/mol. The number of ether oxygens (including phenoxy) is 1. The van der Waals surface area contributed by atoms with Crippen LogP contribution >= 0.6 is 11.6 Å². The Balaban J connectivity index is 0.00000199. The third kappa shape index (κ3) is 6.71. The highest BCUT2D eigenvalue weighted by Gasteiger charge is 2.36. The van der Waals surface area contributed by atoms with Crippen molar-refractivity contribution >= 4 is 29.8 Å². The van der Waals surface area contributed by atoms with E-state index in [1.807, 2.05) is 52.8 Å². The predicted molar refractivity (Wildman–Crippen MR) is 142 cm³/mol. The van der Waals surface area contributed by atoms with Crippen LogP contribution in [0.1, 0.15) is 76.8 Å². The lowest BCUT2D eigenvalue weighted by Crippen LogP contribution is -2.48. The van der Waals surface area contributed by atoms with E-state index in [0.717, 1.165) is 18.4 Å². The van der Waals surface area contributed by atoms with E-state index in [9.17, 15) is 9.90 Å². The number of nitrogens with zero attached hydrogens (tertiary/aromatic N) is 2. The molecule has 0 spiro atoms. The molecule has 1 amide bonds. The second-order valence-electron chi connectivity index (χ2n) is 8.99. The molecule has 1 aliphatic heterocycles. The SMILES string of the molecule is C=Cc1nc(-c2ccc(Cl)cc2)cc(C(O)C2CCCCN2C(=O)OC(C)(C)C)c1C=C.CC. The first kappa shape index (κ1) is 27.6. The van der Waals surface area contributed by atoms with Crippen LogP contribution in [-0.2, 0) is 4.74 Å². The van der Waals surface area contributed by atoms with Crippen molar-refractivity contribution in [2.24, 2.45) is 0 Å². The quantitative estimate of drug-likeness (QED) is 0.476. The van der Waals surface area contributed by atoms with E-state index >= 15 is 0 Å². The number of piperidine rings is 1. The fourth-order valence-corrected chi connectivity index (χ4v) is 4.15. The largest absolute Gasteiger partial charge is 0.444 e. The van der Waals surface area contributed by atoms with Crippen molar-refractivity contribution in [1.29, 1.82) is 0 Å². The van der Waals surface area contributed by atoms with Gasteiger partial charge in [-0.2, -0.15) is 0 Å². The van der Waals surface area contributed by atoms with Crippen LogP contribution in [0.3, 0.4) is 0 Å². The van der Waals surface area contributed by atoms with E-state index in [2.05, 4.69) is 13.2 Å². The lowest BCUT2D eigenvalue weighted by Gasteiger charge is -2.39. The van der Waals surface area contributed by atoms with Crippen LogP contribution in [0.25, 0.3) is 23.4 Å². The zero-order valence-corrected chi connectivity index (χ0v) is 21.7. The molecule has 1 fully saturated rings. The van der Waals surface area contributed by atoms with E-state index in [1.54, 1.807) is 29.2 Å². The van der Waals surface area contributed by atoms with Gasteiger partial charge < -0.3 is 14.7 Å². The van der Waals surface area contributed by atoms with Gasteiger partial charge in [0.05, 0.1) is 17.4 Å². The number of aliphatic hydroxyl groups excluding tert-OH is 1. The van der Waals surface area contributed by atoms with Gasteiger partial charge in [0, 0.05) is 22.7 Å². The number of benzene rings is 1. The smallest absolute Gasteiger partial charge is 0.410 e. The van der Waals surface area contributed by atoms with E-state index in [0.29, 0.717) is 40.5 Å². The highest BCUT2D eigenvalue weighted by Crippen LogP contribution is 2.35. The Morgan fingerprint density at radius 3 is 2.41 bits per heavy atom. The fraction of sp³-hybridized carbons (Fsp3) is 0.429. The maximum atomic E-state index is 12.9. The molecule has 184 valence electrons. The lowest BCUT2D eigenvalue weighted by atomic mass is 9.89. The second kappa shape index (κ2) is 12.2. The van der Waals surface area contributed by atoms with Crippen molar-refractivity contribution < 1.29 is 14.6 Å². The Bertz CT molecular complexity index is 996. The first-order chi connectivity index (χ1) is 16.1. The fourth-order valence-electron chi connectivity index (χ4n) is 4.03. The van der Waals surface area contributed by atoms with Gasteiger partial charge >= 0.3 is 6.09 Å². The van der Waals surface area contributed by atoms with Gasteiger partial charge in [0.25, 0.3) is 0 Å². The van der Waals surface area contributed by atoms with E-state index in [1.165, 1.54) is 0 Å². The van der Waals surface area contributed by atoms with Crippen molar-refractivity contribution in [1.82, 2.24) is 9.88 Å². The number of hydrogen-bond acceptors (Lipinski definition) is 4. The van der Waals surface area contributed by atoms with Gasteiger partial charge in [0.15, 0.2) is 0 Å². The topological polar surface area (TPSA) is 62.7 Å². The highest BCUT2D eigenvalue weighted by atomic mass is 35.5. The summed E-state index contributed by atoms with van der Waals surface area (Å²) in [6.07, 6.45) is 4.48. The molecular weight excluding hydrogens is 448 g/mol. The van der Waals surface area contributed by atoms with Gasteiger partial charge in [0.2, 0.25) is 0 Å². The third-order valence-electron chi connectivity index (χ3n) is 5.52. The summed E-state index contributed by atoms with van der Waals surface area (Å²) < 4.78 is 5.61. The number of halogens is 1. The van der Waals surface area contributed by atoms with Crippen LogP contribution in [0, 0.1) is 0 Å². The third-order valence-corrected chi connectivity index (χ3v) is 5.77. The van der Waals surface area contributed by atoms with Crippen LogP contribution in [-0.4, -0.2) is 39.3 Å². The van der Waals surface area contributed by atoms with Crippen LogP contribution in [0.4, 0.5) is 4.79 Å². The van der Waals surface area contributed by atoms with Crippen molar-refractivity contribution in [2.45, 2.75) is 71.6 Å². The molecule has 0 aliphatic carbocycles. The average Bonchev–Trinajstić information content (AvgIpc) is 2.83. The number of hydrogen-bond donors (Lipinski definition) is 1. The molecule has 2 heterocycles. The first-order valence-electron chi connectivity index (χ1n) is 11.9. The number of amides is 1. The number of carbonyl (C=O) groups excluding carboxylic acids is 1. The van der Waals surface area contributed by atoms with Crippen molar-refractivity contribution in [2.75, 3.05) is 6.54 Å². The number of carbonyl (C=O) groups is 1. The van der Waals surface area contributed by atoms with Crippen molar-refractivity contribution in [3.63, 3.8) is 0 Å². The van der Waals surface area contributed by atoms with Gasteiger partial charge in [-0.25, -0.2) is 9.78 Å². The van der Waals surface area contributed by atoms with Crippen molar-refractivity contribution in [3.05, 3.63) is 65.3 Å². The van der Waals surface area contributed by atoms with Crippen LogP contribution in [0.5, 0.6) is 0 Å². The van der Waals surface area contributed by atoms with E-state index in [4.69, 9.17) is 21.3 Å². The summed E-state index contributed by atoms with van der Waals surface area (Å²) in [5, 5.41) is 12.2. The molecule has 3 rings (SSSR count). The molecule has 1 aliphatic rings. The molecule has 0 bridgehead atoms. The molecule has 1 N–H and O–H groups in total. The summed E-state index contributed by atoms with van der Waals surface area (Å²) in [7, 11) is 0. The molecule has 34 heavy (non-hydrogen) atoms. The van der Waals surface area contributed by atoms with Gasteiger partial charge in [-0.15, -0.1) is 0 Å². The summed E-state index contributed by atoms with van der Waals surface area (Å²) in [6, 6.07) is 8.82. The molecule has 2 aromatic rings. The summed E-state index contributed by atoms with van der Waals surface area (Å²) >= 11 is 6.04. The Labute approximate surface area is 209 Å². The maximum absolute atomic E-state index is 12.9. The molecule has 6 heteroatoms. The Morgan fingerprint density at radius 1 is 1.21 bits per heavy atom. The summed E-state index contributed by atoms with van der Waals surface area (Å²) in [5.41, 5.74) is 2.95. The van der Waals surface area contributed by atoms with Gasteiger partial charge in [-0.05, 0) is 69.9 Å². The number of rotatable bonds is 5. The normalized spacial score (nSPS) is 16.7. The second-order valence-corrected chi connectivity index (χ2v) is 9.43. The van der Waals surface area contributed by atoms with Crippen LogP contribution < -0.4 is 0 Å². The molecule has 2 atom stereocenters. The van der Waals surface area contributed by atoms with Crippen LogP contribution in [0.2, 0.25) is 5.02 Å². The minimum absolute atomic E-state index is 0.405. The molecular formula is C28H37ClN2O3. The Morgan fingerprint density at radius 2 is 1.85 bits per heavy atom. The summed E-state index contributed by atoms with van der Waals surface area (Å²) in [4.78, 5) is 19.2. The molecule has 1 aromatic heterocycles. The first-order valence-corrected chi connectivity index (χ1v) is 12.3. The van der Waals surface area contributed by atoms with Gasteiger partial charge in [0.1, 0.15) is 11.7 Å². The summed E-state index contributed by atoms with van der Waals surface area (Å²) in [6.45, 7) is 17.9. The van der Waals surface area contributed by atoms with E-state index < -0.39 is 23.8 Å². The zero-order valence-electron chi connectivity index (χ0n) is 21.0. The highest BCUT2D eigenvalue weighted by molar-refractivity contribution is 6.30. The molecule has 5 nitrogen and oxygen atoms in total. The Kier molecular flexibility index (Phi) is 9.90. The average molecular weight is 485 g/mol. The molecule has 0 radical (unpaired) electrons. The van der Waals surface area contributed by atoms with Crippen LogP contribution in [0.15, 0.2) is 43.5 Å². The van der Waals surface area contributed by atoms with Crippen molar-refractivity contribution in [3.8, 4) is 11.3 Å². The lowest BCUT2D eigenvalue weighted by molar-refractivity contribution is -0.0169. The predicted octanol–water partition coefficient (Wildman–Crippen LogP) is 7.54. The minimum Gasteiger partial charge on any atom is -0.444 e. The number of aromatic nitrogens is 1. The summed E-state index contributed by atoms with van der Waals surface area (Å²) in [5.74, 6) is 0. The Hall–Kier alpha value is -2.63.